The van der Waals surface area contributed by atoms with Crippen molar-refractivity contribution in [2.24, 2.45) is 0 Å². The lowest BCUT2D eigenvalue weighted by Crippen LogP contribution is -2.27. The van der Waals surface area contributed by atoms with Crippen molar-refractivity contribution in [1.82, 2.24) is 4.90 Å². The van der Waals surface area contributed by atoms with Crippen molar-refractivity contribution < 1.29 is 19.2 Å². The van der Waals surface area contributed by atoms with E-state index in [1.54, 1.807) is 6.08 Å². The molecule has 0 N–H and O–H groups in total. The van der Waals surface area contributed by atoms with E-state index in [0.717, 1.165) is 27.6 Å². The van der Waals surface area contributed by atoms with Crippen LogP contribution < -0.4 is 4.74 Å². The van der Waals surface area contributed by atoms with E-state index in [1.807, 2.05) is 25.1 Å². The summed E-state index contributed by atoms with van der Waals surface area (Å²) in [6, 6.07) is 11.3. The van der Waals surface area contributed by atoms with Gasteiger partial charge in [-0.25, -0.2) is 0 Å². The highest BCUT2D eigenvalue weighted by atomic mass is 79.9. The standard InChI is InChI=1S/C20H17BrN2O5S/c1-2-9-28-17-8-5-15(21)10-14(17)11-18-19(24)22(20(25)29-18)12-13-3-6-16(7-4-13)23(26)27/h3-8,10-11H,2,9,12H2,1H3/b18-11-. The first-order valence-electron chi connectivity index (χ1n) is 8.80. The molecule has 1 aliphatic rings. The van der Waals surface area contributed by atoms with Crippen LogP contribution in [0.1, 0.15) is 24.5 Å². The van der Waals surface area contributed by atoms with E-state index >= 15 is 0 Å². The molecule has 9 heteroatoms. The lowest BCUT2D eigenvalue weighted by Gasteiger charge is -2.12. The number of carbonyl (C=O) groups excluding carboxylic acids is 2. The third-order valence-corrected chi connectivity index (χ3v) is 5.48. The zero-order chi connectivity index (χ0) is 21.0. The van der Waals surface area contributed by atoms with Crippen LogP contribution >= 0.6 is 27.7 Å². The lowest BCUT2D eigenvalue weighted by atomic mass is 10.1. The van der Waals surface area contributed by atoms with Gasteiger partial charge in [0.2, 0.25) is 0 Å². The van der Waals surface area contributed by atoms with Gasteiger partial charge in [0.1, 0.15) is 5.75 Å². The number of benzene rings is 2. The van der Waals surface area contributed by atoms with E-state index in [1.165, 1.54) is 24.3 Å². The molecule has 2 aromatic rings. The van der Waals surface area contributed by atoms with Crippen LogP contribution in [-0.4, -0.2) is 27.6 Å². The second-order valence-corrected chi connectivity index (χ2v) is 8.13. The average molecular weight is 477 g/mol. The molecule has 1 fully saturated rings. The normalized spacial score (nSPS) is 15.2. The topological polar surface area (TPSA) is 89.8 Å². The molecule has 150 valence electrons. The highest BCUT2D eigenvalue weighted by Gasteiger charge is 2.35. The van der Waals surface area contributed by atoms with Crippen molar-refractivity contribution >= 4 is 50.6 Å². The molecule has 0 aromatic heterocycles. The Hall–Kier alpha value is -2.65. The van der Waals surface area contributed by atoms with E-state index in [2.05, 4.69) is 15.9 Å². The fourth-order valence-electron chi connectivity index (χ4n) is 2.66. The summed E-state index contributed by atoms with van der Waals surface area (Å²) < 4.78 is 6.56. The number of hydrogen-bond acceptors (Lipinski definition) is 6. The minimum absolute atomic E-state index is 0.0444. The third-order valence-electron chi connectivity index (χ3n) is 4.08. The molecule has 1 saturated heterocycles. The number of nitrogens with zero attached hydrogens (tertiary/aromatic N) is 2. The fraction of sp³-hybridized carbons (Fsp3) is 0.200. The fourth-order valence-corrected chi connectivity index (χ4v) is 3.87. The molecule has 29 heavy (non-hydrogen) atoms. The summed E-state index contributed by atoms with van der Waals surface area (Å²) in [6.45, 7) is 2.60. The van der Waals surface area contributed by atoms with Gasteiger partial charge in [-0.05, 0) is 48.0 Å². The Bertz CT molecular complexity index is 991. The van der Waals surface area contributed by atoms with Crippen LogP contribution in [0.25, 0.3) is 6.08 Å². The van der Waals surface area contributed by atoms with Gasteiger partial charge in [0, 0.05) is 22.2 Å². The van der Waals surface area contributed by atoms with Gasteiger partial charge in [-0.1, -0.05) is 35.0 Å². The van der Waals surface area contributed by atoms with Gasteiger partial charge in [-0.2, -0.15) is 0 Å². The molecule has 0 spiro atoms. The summed E-state index contributed by atoms with van der Waals surface area (Å²) in [5, 5.41) is 10.4. The van der Waals surface area contributed by atoms with E-state index in [9.17, 15) is 19.7 Å². The SMILES string of the molecule is CCCOc1ccc(Br)cc1/C=C1\SC(=O)N(Cc2ccc([N+](=O)[O-])cc2)C1=O. The Balaban J connectivity index is 1.81. The number of ether oxygens (including phenoxy) is 1. The highest BCUT2D eigenvalue weighted by Crippen LogP contribution is 2.35. The first kappa shape index (κ1) is 21.1. The Morgan fingerprint density at radius 1 is 1.21 bits per heavy atom. The molecule has 0 unspecified atom stereocenters. The van der Waals surface area contributed by atoms with Crippen molar-refractivity contribution in [3.8, 4) is 5.75 Å². The summed E-state index contributed by atoms with van der Waals surface area (Å²) >= 11 is 4.27. The van der Waals surface area contributed by atoms with Crippen molar-refractivity contribution in [2.75, 3.05) is 6.61 Å². The Labute approximate surface area is 180 Å². The largest absolute Gasteiger partial charge is 0.493 e. The van der Waals surface area contributed by atoms with E-state index in [0.29, 0.717) is 28.4 Å². The monoisotopic (exact) mass is 476 g/mol. The maximum Gasteiger partial charge on any atom is 0.293 e. The molecule has 2 amide bonds. The van der Waals surface area contributed by atoms with Crippen LogP contribution in [0, 0.1) is 10.1 Å². The van der Waals surface area contributed by atoms with Crippen LogP contribution in [0.2, 0.25) is 0 Å². The van der Waals surface area contributed by atoms with Crippen molar-refractivity contribution in [3.63, 3.8) is 0 Å². The number of non-ortho nitro benzene ring substituents is 1. The van der Waals surface area contributed by atoms with Gasteiger partial charge < -0.3 is 4.74 Å². The molecule has 0 aliphatic carbocycles. The predicted octanol–water partition coefficient (Wildman–Crippen LogP) is 5.38. The summed E-state index contributed by atoms with van der Waals surface area (Å²) in [5.41, 5.74) is 1.29. The molecule has 0 radical (unpaired) electrons. The predicted molar refractivity (Wildman–Crippen MR) is 115 cm³/mol. The molecule has 3 rings (SSSR count). The molecule has 0 atom stereocenters. The summed E-state index contributed by atoms with van der Waals surface area (Å²) in [6.07, 6.45) is 2.50. The van der Waals surface area contributed by atoms with Crippen molar-refractivity contribution in [2.45, 2.75) is 19.9 Å². The van der Waals surface area contributed by atoms with Crippen LogP contribution in [0.3, 0.4) is 0 Å². The maximum atomic E-state index is 12.8. The molecule has 7 nitrogen and oxygen atoms in total. The summed E-state index contributed by atoms with van der Waals surface area (Å²) in [7, 11) is 0. The van der Waals surface area contributed by atoms with Crippen molar-refractivity contribution in [3.05, 3.63) is 73.1 Å². The number of amides is 2. The number of nitro benzene ring substituents is 1. The number of nitro groups is 1. The lowest BCUT2D eigenvalue weighted by molar-refractivity contribution is -0.384. The van der Waals surface area contributed by atoms with Gasteiger partial charge >= 0.3 is 0 Å². The molecule has 0 saturated carbocycles. The Kier molecular flexibility index (Phi) is 6.71. The minimum Gasteiger partial charge on any atom is -0.493 e. The molecule has 1 aliphatic heterocycles. The number of halogens is 1. The first-order valence-corrected chi connectivity index (χ1v) is 10.4. The molecule has 0 bridgehead atoms. The average Bonchev–Trinajstić information content (AvgIpc) is 2.95. The number of imide groups is 1. The number of rotatable bonds is 7. The van der Waals surface area contributed by atoms with Gasteiger partial charge in [-0.15, -0.1) is 0 Å². The number of thioether (sulfide) groups is 1. The summed E-state index contributed by atoms with van der Waals surface area (Å²) in [4.78, 5) is 36.8. The van der Waals surface area contributed by atoms with E-state index in [-0.39, 0.29) is 17.5 Å². The number of hydrogen-bond donors (Lipinski definition) is 0. The second-order valence-electron chi connectivity index (χ2n) is 6.22. The Morgan fingerprint density at radius 2 is 1.93 bits per heavy atom. The van der Waals surface area contributed by atoms with Crippen LogP contribution in [0.4, 0.5) is 10.5 Å². The first-order chi connectivity index (χ1) is 13.9. The van der Waals surface area contributed by atoms with Gasteiger partial charge in [0.25, 0.3) is 16.8 Å². The third kappa shape index (κ3) is 5.04. The molecular formula is C20H17BrN2O5S. The van der Waals surface area contributed by atoms with Gasteiger partial charge in [-0.3, -0.25) is 24.6 Å². The smallest absolute Gasteiger partial charge is 0.293 e. The van der Waals surface area contributed by atoms with Crippen LogP contribution in [-0.2, 0) is 11.3 Å². The zero-order valence-corrected chi connectivity index (χ0v) is 17.9. The van der Waals surface area contributed by atoms with Crippen molar-refractivity contribution in [1.29, 1.82) is 0 Å². The minimum atomic E-state index is -0.497. The number of carbonyl (C=O) groups is 2. The van der Waals surface area contributed by atoms with Gasteiger partial charge in [0.15, 0.2) is 0 Å². The molecule has 1 heterocycles. The van der Waals surface area contributed by atoms with E-state index < -0.39 is 10.8 Å². The summed E-state index contributed by atoms with van der Waals surface area (Å²) in [5.74, 6) is 0.233. The van der Waals surface area contributed by atoms with Gasteiger partial charge in [0.05, 0.1) is 23.0 Å². The molecular weight excluding hydrogens is 460 g/mol. The van der Waals surface area contributed by atoms with Crippen LogP contribution in [0.5, 0.6) is 5.75 Å². The Morgan fingerprint density at radius 3 is 2.59 bits per heavy atom. The highest BCUT2D eigenvalue weighted by molar-refractivity contribution is 9.10. The quantitative estimate of drug-likeness (QED) is 0.302. The second kappa shape index (κ2) is 9.23. The molecule has 2 aromatic carbocycles. The van der Waals surface area contributed by atoms with Crippen LogP contribution in [0.15, 0.2) is 51.8 Å². The maximum absolute atomic E-state index is 12.8. The zero-order valence-electron chi connectivity index (χ0n) is 15.5. The van der Waals surface area contributed by atoms with E-state index in [4.69, 9.17) is 4.74 Å².